The number of hydrogen-bond acceptors (Lipinski definition) is 7. The highest BCUT2D eigenvalue weighted by Crippen LogP contribution is 2.17. The molecule has 1 amide bonds. The fraction of sp³-hybridized carbons (Fsp3) is 0.263. The number of aromatic nitrogens is 7. The van der Waals surface area contributed by atoms with Crippen LogP contribution in [-0.4, -0.2) is 71.3 Å². The first-order valence-corrected chi connectivity index (χ1v) is 9.55. The van der Waals surface area contributed by atoms with Crippen molar-refractivity contribution in [2.45, 2.75) is 6.92 Å². The van der Waals surface area contributed by atoms with E-state index in [2.05, 4.69) is 30.0 Å². The minimum absolute atomic E-state index is 0.0954. The Kier molecular flexibility index (Phi) is 4.27. The van der Waals surface area contributed by atoms with Gasteiger partial charge in [-0.05, 0) is 19.1 Å². The Morgan fingerprint density at radius 2 is 1.97 bits per heavy atom. The van der Waals surface area contributed by atoms with Crippen LogP contribution in [0, 0.1) is 6.92 Å². The zero-order valence-electron chi connectivity index (χ0n) is 16.3. The maximum absolute atomic E-state index is 13.1. The van der Waals surface area contributed by atoms with Gasteiger partial charge in [0.1, 0.15) is 11.3 Å². The van der Waals surface area contributed by atoms with Gasteiger partial charge in [-0.15, -0.1) is 5.10 Å². The number of fused-ring (bicyclic) bond motifs is 1. The molecule has 0 atom stereocenters. The normalized spacial score (nSPS) is 14.4. The lowest BCUT2D eigenvalue weighted by atomic mass is 10.2. The highest BCUT2D eigenvalue weighted by molar-refractivity contribution is 5.95. The number of nitrogens with zero attached hydrogens (tertiary/aromatic N) is 8. The van der Waals surface area contributed by atoms with Gasteiger partial charge in [0.25, 0.3) is 11.5 Å². The molecule has 11 nitrogen and oxygen atoms in total. The molecule has 5 rings (SSSR count). The van der Waals surface area contributed by atoms with Crippen molar-refractivity contribution in [3.8, 4) is 5.95 Å². The van der Waals surface area contributed by atoms with Gasteiger partial charge >= 0.3 is 0 Å². The number of piperazine rings is 1. The monoisotopic (exact) mass is 405 g/mol. The third kappa shape index (κ3) is 3.00. The number of hydrogen-bond donors (Lipinski definition) is 1. The summed E-state index contributed by atoms with van der Waals surface area (Å²) in [6.07, 6.45) is 8.23. The van der Waals surface area contributed by atoms with Crippen LogP contribution in [0.2, 0.25) is 0 Å². The Labute approximate surface area is 170 Å². The van der Waals surface area contributed by atoms with Gasteiger partial charge in [-0.25, -0.2) is 14.2 Å². The van der Waals surface area contributed by atoms with E-state index in [-0.39, 0.29) is 17.4 Å². The molecular weight excluding hydrogens is 386 g/mol. The second-order valence-corrected chi connectivity index (χ2v) is 7.01. The number of anilines is 1. The number of carbonyl (C=O) groups is 1. The summed E-state index contributed by atoms with van der Waals surface area (Å²) in [7, 11) is 0. The van der Waals surface area contributed by atoms with Gasteiger partial charge in [0.15, 0.2) is 0 Å². The van der Waals surface area contributed by atoms with Crippen LogP contribution >= 0.6 is 0 Å². The van der Waals surface area contributed by atoms with Crippen molar-refractivity contribution in [2.75, 3.05) is 31.1 Å². The highest BCUT2D eigenvalue weighted by Gasteiger charge is 2.26. The largest absolute Gasteiger partial charge is 0.352 e. The molecule has 11 heteroatoms. The molecule has 1 N–H and O–H groups in total. The minimum Gasteiger partial charge on any atom is -0.352 e. The number of nitrogens with one attached hydrogen (secondary N) is 1. The molecule has 0 radical (unpaired) electrons. The number of rotatable bonds is 3. The summed E-state index contributed by atoms with van der Waals surface area (Å²) in [5, 5.41) is 8.66. The first kappa shape index (κ1) is 18.0. The Morgan fingerprint density at radius 3 is 2.73 bits per heavy atom. The summed E-state index contributed by atoms with van der Waals surface area (Å²) >= 11 is 0. The summed E-state index contributed by atoms with van der Waals surface area (Å²) in [6, 6.07) is 3.42. The molecular formula is C19H19N9O2. The maximum Gasteiger partial charge on any atom is 0.276 e. The average molecular weight is 405 g/mol. The molecule has 0 unspecified atom stereocenters. The van der Waals surface area contributed by atoms with Gasteiger partial charge in [0.05, 0.1) is 23.7 Å². The van der Waals surface area contributed by atoms with Crippen molar-refractivity contribution in [3.63, 3.8) is 0 Å². The smallest absolute Gasteiger partial charge is 0.276 e. The quantitative estimate of drug-likeness (QED) is 0.520. The van der Waals surface area contributed by atoms with E-state index in [1.165, 1.54) is 15.4 Å². The highest BCUT2D eigenvalue weighted by atomic mass is 16.2. The lowest BCUT2D eigenvalue weighted by Crippen LogP contribution is -2.49. The molecule has 0 aliphatic carbocycles. The van der Waals surface area contributed by atoms with Crippen LogP contribution in [0.4, 0.5) is 5.82 Å². The SMILES string of the molecule is Cc1c(C(=O)N2CCN(c3cnccn3)CC2)cnn1-c1nn2cccc2c(=O)[nH]1. The lowest BCUT2D eigenvalue weighted by molar-refractivity contribution is 0.0745. The third-order valence-corrected chi connectivity index (χ3v) is 5.27. The molecule has 4 aromatic rings. The molecule has 4 aromatic heterocycles. The Bertz CT molecular complexity index is 1270. The zero-order chi connectivity index (χ0) is 20.7. The van der Waals surface area contributed by atoms with Crippen LogP contribution < -0.4 is 10.5 Å². The number of aromatic amines is 1. The molecule has 30 heavy (non-hydrogen) atoms. The van der Waals surface area contributed by atoms with Crippen molar-refractivity contribution in [2.24, 2.45) is 0 Å². The topological polar surface area (TPSA) is 117 Å². The van der Waals surface area contributed by atoms with Crippen molar-refractivity contribution in [1.82, 2.24) is 39.2 Å². The van der Waals surface area contributed by atoms with Crippen LogP contribution in [0.25, 0.3) is 11.5 Å². The van der Waals surface area contributed by atoms with Crippen molar-refractivity contribution >= 4 is 17.2 Å². The first-order chi connectivity index (χ1) is 14.6. The van der Waals surface area contributed by atoms with Gasteiger partial charge in [0.2, 0.25) is 5.95 Å². The standard InChI is InChI=1S/C19H19N9O2/c1-13-14(11-22-28(13)19-23-17(29)15-3-2-6-27(15)24-19)18(30)26-9-7-25(8-10-26)16-12-20-4-5-21-16/h2-6,11-12H,7-10H2,1H3,(H,23,24,29). The van der Waals surface area contributed by atoms with E-state index in [1.54, 1.807) is 48.7 Å². The maximum atomic E-state index is 13.1. The lowest BCUT2D eigenvalue weighted by Gasteiger charge is -2.35. The van der Waals surface area contributed by atoms with Crippen LogP contribution in [0.3, 0.4) is 0 Å². The second kappa shape index (κ2) is 7.10. The summed E-state index contributed by atoms with van der Waals surface area (Å²) < 4.78 is 2.96. The van der Waals surface area contributed by atoms with Crippen LogP contribution in [-0.2, 0) is 0 Å². The average Bonchev–Trinajstić information content (AvgIpc) is 3.41. The van der Waals surface area contributed by atoms with Crippen LogP contribution in [0.5, 0.6) is 0 Å². The number of amides is 1. The van der Waals surface area contributed by atoms with Crippen LogP contribution in [0.1, 0.15) is 16.1 Å². The first-order valence-electron chi connectivity index (χ1n) is 9.55. The summed E-state index contributed by atoms with van der Waals surface area (Å²) in [5.41, 5.74) is 1.28. The van der Waals surface area contributed by atoms with Gasteiger partial charge < -0.3 is 9.80 Å². The predicted octanol–water partition coefficient (Wildman–Crippen LogP) is 0.269. The molecule has 1 aliphatic heterocycles. The molecule has 0 aromatic carbocycles. The molecule has 1 saturated heterocycles. The van der Waals surface area contributed by atoms with E-state index in [4.69, 9.17) is 0 Å². The fourth-order valence-corrected chi connectivity index (χ4v) is 3.62. The minimum atomic E-state index is -0.270. The fourth-order valence-electron chi connectivity index (χ4n) is 3.62. The summed E-state index contributed by atoms with van der Waals surface area (Å²) in [6.45, 7) is 4.29. The van der Waals surface area contributed by atoms with Gasteiger partial charge in [-0.3, -0.25) is 19.6 Å². The van der Waals surface area contributed by atoms with Crippen molar-refractivity contribution in [3.05, 3.63) is 64.7 Å². The summed E-state index contributed by atoms with van der Waals surface area (Å²) in [5.74, 6) is 0.971. The number of H-pyrrole nitrogens is 1. The van der Waals surface area contributed by atoms with E-state index in [0.29, 0.717) is 43.0 Å². The number of carbonyl (C=O) groups excluding carboxylic acids is 1. The molecule has 1 aliphatic rings. The van der Waals surface area contributed by atoms with Gasteiger partial charge in [-0.2, -0.15) is 5.10 Å². The molecule has 0 bridgehead atoms. The zero-order valence-corrected chi connectivity index (χ0v) is 16.3. The Balaban J connectivity index is 1.36. The molecule has 5 heterocycles. The van der Waals surface area contributed by atoms with E-state index in [0.717, 1.165) is 5.82 Å². The molecule has 152 valence electrons. The van der Waals surface area contributed by atoms with Crippen molar-refractivity contribution in [1.29, 1.82) is 0 Å². The summed E-state index contributed by atoms with van der Waals surface area (Å²) in [4.78, 5) is 40.3. The van der Waals surface area contributed by atoms with Crippen LogP contribution in [0.15, 0.2) is 47.9 Å². The Morgan fingerprint density at radius 1 is 1.13 bits per heavy atom. The van der Waals surface area contributed by atoms with Crippen molar-refractivity contribution < 1.29 is 4.79 Å². The third-order valence-electron chi connectivity index (χ3n) is 5.27. The van der Waals surface area contributed by atoms with E-state index in [1.807, 2.05) is 0 Å². The van der Waals surface area contributed by atoms with E-state index in [9.17, 15) is 9.59 Å². The molecule has 0 spiro atoms. The van der Waals surface area contributed by atoms with Gasteiger partial charge in [-0.1, -0.05) is 0 Å². The molecule has 0 saturated carbocycles. The Hall–Kier alpha value is -4.02. The van der Waals surface area contributed by atoms with E-state index < -0.39 is 0 Å². The predicted molar refractivity (Wildman–Crippen MR) is 108 cm³/mol. The van der Waals surface area contributed by atoms with Gasteiger partial charge in [0, 0.05) is 44.8 Å². The van der Waals surface area contributed by atoms with E-state index >= 15 is 0 Å². The molecule has 1 fully saturated rings. The second-order valence-electron chi connectivity index (χ2n) is 7.01.